The summed E-state index contributed by atoms with van der Waals surface area (Å²) in [6.07, 6.45) is 6.27. The SMILES string of the molecule is CC(=O)O[C@H]1C[C@@H](O)CC[C@]23C#C[C@@H]4C[C@H](C#CC[C@@H]5[C@H]6C[C@H](CN(CN=C(N)NC2)C6)CN5CC3)C[C@@H]2C[C@H](CCN2)Oc2cc(c(CO)cc2O)C[C@H]41. The van der Waals surface area contributed by atoms with Crippen molar-refractivity contribution in [1.29, 1.82) is 0 Å². The number of esters is 1. The molecule has 9 rings (SSSR count). The van der Waals surface area contributed by atoms with Crippen molar-refractivity contribution in [2.45, 2.75) is 115 Å². The summed E-state index contributed by atoms with van der Waals surface area (Å²) in [5.41, 5.74) is 7.46. The Balaban J connectivity index is 1.30. The van der Waals surface area contributed by atoms with Gasteiger partial charge >= 0.3 is 5.97 Å². The number of benzene rings is 1. The number of nitrogens with one attached hydrogen (secondary N) is 2. The number of aromatic hydroxyl groups is 1. The maximum atomic E-state index is 12.8. The van der Waals surface area contributed by atoms with Crippen LogP contribution in [0.2, 0.25) is 0 Å². The second-order valence-electron chi connectivity index (χ2n) is 17.7. The van der Waals surface area contributed by atoms with Gasteiger partial charge in [0.25, 0.3) is 0 Å². The summed E-state index contributed by atoms with van der Waals surface area (Å²) in [7, 11) is 0. The zero-order valence-electron chi connectivity index (χ0n) is 32.3. The Morgan fingerprint density at radius 3 is 2.87 bits per heavy atom. The molecule has 0 saturated carbocycles. The number of ether oxygens (including phenoxy) is 2. The van der Waals surface area contributed by atoms with Gasteiger partial charge in [-0.25, -0.2) is 4.99 Å². The highest BCUT2D eigenvalue weighted by molar-refractivity contribution is 5.77. The quantitative estimate of drug-likeness (QED) is 0.194. The minimum absolute atomic E-state index is 0.000977. The Bertz CT molecular complexity index is 1730. The number of guanidine groups is 1. The van der Waals surface area contributed by atoms with E-state index in [0.717, 1.165) is 70.4 Å². The lowest BCUT2D eigenvalue weighted by molar-refractivity contribution is -0.152. The Labute approximate surface area is 326 Å². The topological polar surface area (TPSA) is 165 Å². The number of hydrogen-bond acceptors (Lipinski definition) is 12. The van der Waals surface area contributed by atoms with Crippen molar-refractivity contribution < 1.29 is 29.6 Å². The normalized spacial score (nSPS) is 40.0. The number of nitrogens with two attached hydrogens (primary N) is 1. The van der Waals surface area contributed by atoms with E-state index in [9.17, 15) is 20.1 Å². The average Bonchev–Trinajstić information content (AvgIpc) is 3.17. The first-order valence-electron chi connectivity index (χ1n) is 20.8. The van der Waals surface area contributed by atoms with Crippen LogP contribution in [0, 0.1) is 58.7 Å². The highest BCUT2D eigenvalue weighted by atomic mass is 16.5. The lowest BCUT2D eigenvalue weighted by Gasteiger charge is -2.50. The molecule has 0 aromatic heterocycles. The molecule has 3 saturated heterocycles. The van der Waals surface area contributed by atoms with E-state index in [1.165, 1.54) is 13.3 Å². The van der Waals surface area contributed by atoms with Crippen LogP contribution in [0.1, 0.15) is 82.3 Å². The molecule has 7 heterocycles. The van der Waals surface area contributed by atoms with Gasteiger partial charge in [0, 0.05) is 82.3 Å². The highest BCUT2D eigenvalue weighted by Gasteiger charge is 2.43. The van der Waals surface area contributed by atoms with Gasteiger partial charge in [0.2, 0.25) is 0 Å². The number of carbonyl (C=O) groups is 1. The largest absolute Gasteiger partial charge is 0.504 e. The third-order valence-corrected chi connectivity index (χ3v) is 13.7. The van der Waals surface area contributed by atoms with Crippen molar-refractivity contribution in [2.75, 3.05) is 45.9 Å². The van der Waals surface area contributed by atoms with Crippen LogP contribution >= 0.6 is 0 Å². The highest BCUT2D eigenvalue weighted by Crippen LogP contribution is 2.42. The smallest absolute Gasteiger partial charge is 0.302 e. The summed E-state index contributed by atoms with van der Waals surface area (Å²) in [6, 6.07) is 3.95. The molecule has 1 aromatic carbocycles. The summed E-state index contributed by atoms with van der Waals surface area (Å²) in [5.74, 6) is 16.2. The van der Waals surface area contributed by atoms with Crippen molar-refractivity contribution in [3.05, 3.63) is 23.3 Å². The second kappa shape index (κ2) is 16.5. The number of carbonyl (C=O) groups excluding carboxylic acids is 1. The number of fused-ring (bicyclic) bond motifs is 8. The molecule has 0 radical (unpaired) electrons. The van der Waals surface area contributed by atoms with E-state index in [2.05, 4.69) is 44.1 Å². The second-order valence-corrected chi connectivity index (χ2v) is 17.7. The summed E-state index contributed by atoms with van der Waals surface area (Å²) >= 11 is 0. The summed E-state index contributed by atoms with van der Waals surface area (Å²) < 4.78 is 12.7. The maximum absolute atomic E-state index is 12.8. The van der Waals surface area contributed by atoms with E-state index >= 15 is 0 Å². The first-order chi connectivity index (χ1) is 26.6. The number of phenols is 1. The molecule has 12 heteroatoms. The fourth-order valence-corrected chi connectivity index (χ4v) is 10.9. The van der Waals surface area contributed by atoms with E-state index in [0.29, 0.717) is 74.0 Å². The molecule has 1 spiro atoms. The molecule has 7 N–H and O–H groups in total. The van der Waals surface area contributed by atoms with Gasteiger partial charge in [-0.15, -0.1) is 5.92 Å². The summed E-state index contributed by atoms with van der Waals surface area (Å²) in [6.45, 7) is 6.96. The van der Waals surface area contributed by atoms with Gasteiger partial charge < -0.3 is 41.2 Å². The maximum Gasteiger partial charge on any atom is 0.302 e. The molecule has 0 amide bonds. The predicted octanol–water partition coefficient (Wildman–Crippen LogP) is 2.33. The van der Waals surface area contributed by atoms with E-state index in [4.69, 9.17) is 20.2 Å². The zero-order chi connectivity index (χ0) is 38.1. The third-order valence-electron chi connectivity index (χ3n) is 13.7. The number of aliphatic hydroxyl groups excluding tert-OH is 2. The molecule has 1 aromatic rings. The number of piperidine rings is 3. The molecular formula is C43H60N6O6. The Morgan fingerprint density at radius 2 is 2.02 bits per heavy atom. The molecule has 7 aliphatic heterocycles. The third kappa shape index (κ3) is 8.90. The van der Waals surface area contributed by atoms with E-state index < -0.39 is 23.6 Å². The number of hydrogen-bond donors (Lipinski definition) is 6. The van der Waals surface area contributed by atoms with Crippen molar-refractivity contribution in [3.63, 3.8) is 0 Å². The Kier molecular flexibility index (Phi) is 11.5. The zero-order valence-corrected chi connectivity index (χ0v) is 32.3. The van der Waals surface area contributed by atoms with Gasteiger partial charge in [0.1, 0.15) is 12.2 Å². The van der Waals surface area contributed by atoms with Crippen LogP contribution in [0.4, 0.5) is 0 Å². The molecule has 12 nitrogen and oxygen atoms in total. The molecule has 1 aliphatic carbocycles. The van der Waals surface area contributed by atoms with Crippen LogP contribution in [-0.2, 0) is 22.6 Å². The van der Waals surface area contributed by atoms with Gasteiger partial charge in [-0.05, 0) is 99.4 Å². The number of aliphatic hydroxyl groups is 2. The van der Waals surface area contributed by atoms with E-state index in [1.807, 2.05) is 6.07 Å². The number of rotatable bonds is 2. The minimum atomic E-state index is -0.736. The van der Waals surface area contributed by atoms with Crippen molar-refractivity contribution >= 4 is 11.9 Å². The van der Waals surface area contributed by atoms with Gasteiger partial charge in [-0.3, -0.25) is 14.6 Å². The molecule has 2 unspecified atom stereocenters. The van der Waals surface area contributed by atoms with Crippen molar-refractivity contribution in [3.8, 4) is 35.2 Å². The van der Waals surface area contributed by atoms with Gasteiger partial charge in [-0.1, -0.05) is 17.8 Å². The van der Waals surface area contributed by atoms with Gasteiger partial charge in [0.15, 0.2) is 17.5 Å². The molecule has 8 aliphatic rings. The van der Waals surface area contributed by atoms with Crippen LogP contribution in [0.25, 0.3) is 0 Å². The summed E-state index contributed by atoms with van der Waals surface area (Å²) in [5, 5.41) is 40.7. The molecule has 55 heavy (non-hydrogen) atoms. The minimum Gasteiger partial charge on any atom is -0.504 e. The molecule has 3 fully saturated rings. The van der Waals surface area contributed by atoms with Gasteiger partial charge in [0.05, 0.1) is 24.8 Å². The van der Waals surface area contributed by atoms with Crippen LogP contribution in [0.3, 0.4) is 0 Å². The fraction of sp³-hybridized carbons (Fsp3) is 0.721. The Hall–Kier alpha value is -3.52. The van der Waals surface area contributed by atoms with Crippen molar-refractivity contribution in [2.24, 2.45) is 45.7 Å². The number of phenolic OH excluding ortho intramolecular Hbond substituents is 1. The van der Waals surface area contributed by atoms with E-state index in [-0.39, 0.29) is 48.7 Å². The van der Waals surface area contributed by atoms with E-state index in [1.54, 1.807) is 6.07 Å². The molecule has 298 valence electrons. The lowest BCUT2D eigenvalue weighted by Crippen LogP contribution is -2.58. The van der Waals surface area contributed by atoms with Crippen LogP contribution in [0.15, 0.2) is 17.1 Å². The van der Waals surface area contributed by atoms with Crippen LogP contribution < -0.4 is 21.1 Å². The number of nitrogens with zero attached hydrogens (tertiary/aromatic N) is 3. The number of aliphatic imine (C=N–C) groups is 1. The van der Waals surface area contributed by atoms with Crippen LogP contribution in [0.5, 0.6) is 11.5 Å². The standard InChI is InChI=1S/C43H60N6O6/c1-27(51)54-40-20-35(52)6-9-43-8-5-30-13-28(15-34-19-36(7-11-45-34)55-41-18-31(16-37(30)40)33(24-50)17-39(41)53)3-2-4-38-32-14-29(22-49(38)12-10-43)21-48(23-32)26-47-42(44)46-25-43/h17-18,28-30,32,34-38,40,45,50,52-53H,4,6-7,9-16,19-26H2,1H3,(H3,44,46,47)/t28-,29+,30+,32-,34+,35-,36-,37+,38+,40-,43-/m0/s1. The first kappa shape index (κ1) is 38.4. The van der Waals surface area contributed by atoms with Gasteiger partial charge in [-0.2, -0.15) is 0 Å². The fourth-order valence-electron chi connectivity index (χ4n) is 10.9. The molecule has 12 bridgehead atoms. The van der Waals surface area contributed by atoms with Crippen LogP contribution in [-0.4, -0.2) is 113 Å². The lowest BCUT2D eigenvalue weighted by atomic mass is 9.72. The average molecular weight is 757 g/mol. The Morgan fingerprint density at radius 1 is 1.13 bits per heavy atom. The monoisotopic (exact) mass is 756 g/mol. The molecule has 13 atom stereocenters. The summed E-state index contributed by atoms with van der Waals surface area (Å²) in [4.78, 5) is 22.8. The molecular weight excluding hydrogens is 697 g/mol. The van der Waals surface area contributed by atoms with Crippen molar-refractivity contribution in [1.82, 2.24) is 20.4 Å². The first-order valence-corrected chi connectivity index (χ1v) is 20.8. The predicted molar refractivity (Wildman–Crippen MR) is 209 cm³/mol.